The van der Waals surface area contributed by atoms with Crippen molar-refractivity contribution >= 4 is 39.2 Å². The number of hydrogen-bond donors (Lipinski definition) is 0. The number of ether oxygens (including phenoxy) is 1. The Morgan fingerprint density at radius 2 is 1.57 bits per heavy atom. The maximum absolute atomic E-state index is 13.2. The molecule has 1 aliphatic rings. The monoisotopic (exact) mass is 458 g/mol. The fourth-order valence-electron chi connectivity index (χ4n) is 4.81. The van der Waals surface area contributed by atoms with Crippen LogP contribution in [-0.2, 0) is 16.0 Å². The summed E-state index contributed by atoms with van der Waals surface area (Å²) in [6, 6.07) is 31.2. The van der Waals surface area contributed by atoms with Crippen molar-refractivity contribution < 1.29 is 14.3 Å². The lowest BCUT2D eigenvalue weighted by molar-refractivity contribution is -0.121. The van der Waals surface area contributed by atoms with Crippen molar-refractivity contribution in [2.75, 3.05) is 18.1 Å². The molecule has 2 heterocycles. The number of hydrogen-bond acceptors (Lipinski definition) is 4. The third-order valence-electron chi connectivity index (χ3n) is 6.52. The van der Waals surface area contributed by atoms with Crippen LogP contribution in [0.3, 0.4) is 0 Å². The highest BCUT2D eigenvalue weighted by atomic mass is 16.5. The van der Waals surface area contributed by atoms with Gasteiger partial charge in [0.05, 0.1) is 16.8 Å². The van der Waals surface area contributed by atoms with Crippen LogP contribution in [0.5, 0.6) is 0 Å². The first-order valence-electron chi connectivity index (χ1n) is 11.6. The fourth-order valence-corrected chi connectivity index (χ4v) is 4.81. The van der Waals surface area contributed by atoms with Gasteiger partial charge in [-0.25, -0.2) is 9.78 Å². The first-order chi connectivity index (χ1) is 17.2. The van der Waals surface area contributed by atoms with E-state index in [1.165, 1.54) is 0 Å². The maximum atomic E-state index is 13.2. The molecule has 0 atom stereocenters. The summed E-state index contributed by atoms with van der Waals surface area (Å²) in [5.74, 6) is -0.762. The zero-order chi connectivity index (χ0) is 23.8. The van der Waals surface area contributed by atoms with E-state index in [-0.39, 0.29) is 12.5 Å². The highest BCUT2D eigenvalue weighted by Gasteiger charge is 2.25. The molecule has 0 fully saturated rings. The number of anilines is 1. The molecule has 0 unspecified atom stereocenters. The molecule has 5 nitrogen and oxygen atoms in total. The van der Waals surface area contributed by atoms with Gasteiger partial charge in [-0.15, -0.1) is 0 Å². The number of carbonyl (C=O) groups excluding carboxylic acids is 2. The molecule has 0 N–H and O–H groups in total. The second-order valence-corrected chi connectivity index (χ2v) is 8.60. The Morgan fingerprint density at radius 1 is 0.829 bits per heavy atom. The van der Waals surface area contributed by atoms with Gasteiger partial charge in [-0.2, -0.15) is 0 Å². The van der Waals surface area contributed by atoms with Crippen molar-refractivity contribution in [3.8, 4) is 11.3 Å². The van der Waals surface area contributed by atoms with Crippen LogP contribution in [-0.4, -0.2) is 30.0 Å². The number of carbonyl (C=O) groups is 2. The van der Waals surface area contributed by atoms with Gasteiger partial charge in [0.2, 0.25) is 0 Å². The Labute approximate surface area is 202 Å². The van der Waals surface area contributed by atoms with E-state index in [2.05, 4.69) is 12.1 Å². The van der Waals surface area contributed by atoms with E-state index in [0.717, 1.165) is 34.0 Å². The third kappa shape index (κ3) is 3.81. The highest BCUT2D eigenvalue weighted by molar-refractivity contribution is 6.07. The molecule has 0 saturated carbocycles. The normalized spacial score (nSPS) is 12.6. The average Bonchev–Trinajstić information content (AvgIpc) is 3.35. The Bertz CT molecular complexity index is 1600. The summed E-state index contributed by atoms with van der Waals surface area (Å²) in [6.45, 7) is 0.284. The van der Waals surface area contributed by atoms with Crippen molar-refractivity contribution in [2.24, 2.45) is 0 Å². The second-order valence-electron chi connectivity index (χ2n) is 8.60. The SMILES string of the molecule is O=C(OCC(=O)N1CCc2ccccc21)c1cc(-c2cccc3ccccc23)nc2ccccc12. The Morgan fingerprint density at radius 3 is 2.49 bits per heavy atom. The molecule has 6 rings (SSSR count). The fraction of sp³-hybridized carbons (Fsp3) is 0.100. The zero-order valence-corrected chi connectivity index (χ0v) is 19.0. The minimum absolute atomic E-state index is 0.226. The Balaban J connectivity index is 1.33. The molecular weight excluding hydrogens is 436 g/mol. The number of amides is 1. The van der Waals surface area contributed by atoms with Gasteiger partial charge in [0.15, 0.2) is 6.61 Å². The summed E-state index contributed by atoms with van der Waals surface area (Å²) >= 11 is 0. The summed E-state index contributed by atoms with van der Waals surface area (Å²) in [5, 5.41) is 2.85. The average molecular weight is 459 g/mol. The number of esters is 1. The van der Waals surface area contributed by atoms with Crippen LogP contribution >= 0.6 is 0 Å². The molecule has 0 bridgehead atoms. The zero-order valence-electron chi connectivity index (χ0n) is 19.0. The number of aromatic nitrogens is 1. The first kappa shape index (κ1) is 21.1. The van der Waals surface area contributed by atoms with E-state index >= 15 is 0 Å². The van der Waals surface area contributed by atoms with Crippen LogP contribution in [0.4, 0.5) is 5.69 Å². The van der Waals surface area contributed by atoms with Gasteiger partial charge in [0, 0.05) is 23.2 Å². The van der Waals surface area contributed by atoms with Crippen LogP contribution in [0.1, 0.15) is 15.9 Å². The van der Waals surface area contributed by atoms with Crippen molar-refractivity contribution in [1.29, 1.82) is 0 Å². The van der Waals surface area contributed by atoms with Crippen LogP contribution in [0.2, 0.25) is 0 Å². The lowest BCUT2D eigenvalue weighted by Crippen LogP contribution is -2.33. The van der Waals surface area contributed by atoms with Crippen molar-refractivity contribution in [3.05, 3.63) is 108 Å². The molecule has 1 aromatic heterocycles. The van der Waals surface area contributed by atoms with Gasteiger partial charge in [-0.05, 0) is 41.0 Å². The Kier molecular flexibility index (Phi) is 5.23. The lowest BCUT2D eigenvalue weighted by atomic mass is 9.99. The second kappa shape index (κ2) is 8.69. The number of fused-ring (bicyclic) bond motifs is 3. The van der Waals surface area contributed by atoms with E-state index < -0.39 is 5.97 Å². The van der Waals surface area contributed by atoms with Gasteiger partial charge < -0.3 is 9.64 Å². The quantitative estimate of drug-likeness (QED) is 0.319. The van der Waals surface area contributed by atoms with Crippen molar-refractivity contribution in [3.63, 3.8) is 0 Å². The summed E-state index contributed by atoms with van der Waals surface area (Å²) in [7, 11) is 0. The summed E-state index contributed by atoms with van der Waals surface area (Å²) in [4.78, 5) is 32.7. The van der Waals surface area contributed by atoms with Gasteiger partial charge in [-0.3, -0.25) is 4.79 Å². The third-order valence-corrected chi connectivity index (χ3v) is 6.52. The molecule has 5 aromatic rings. The van der Waals surface area contributed by atoms with Crippen LogP contribution in [0, 0.1) is 0 Å². The van der Waals surface area contributed by atoms with Gasteiger partial charge in [-0.1, -0.05) is 78.9 Å². The molecule has 5 heteroatoms. The van der Waals surface area contributed by atoms with E-state index in [1.54, 1.807) is 11.0 Å². The molecular formula is C30H22N2O3. The minimum Gasteiger partial charge on any atom is -0.452 e. The summed E-state index contributed by atoms with van der Waals surface area (Å²) in [5.41, 5.74) is 4.74. The topological polar surface area (TPSA) is 59.5 Å². The molecule has 35 heavy (non-hydrogen) atoms. The number of benzene rings is 4. The minimum atomic E-state index is -0.536. The first-order valence-corrected chi connectivity index (χ1v) is 11.6. The highest BCUT2D eigenvalue weighted by Crippen LogP contribution is 2.31. The molecule has 0 aliphatic carbocycles. The molecule has 0 spiro atoms. The number of para-hydroxylation sites is 2. The molecule has 170 valence electrons. The smallest absolute Gasteiger partial charge is 0.339 e. The van der Waals surface area contributed by atoms with Crippen molar-refractivity contribution in [2.45, 2.75) is 6.42 Å². The van der Waals surface area contributed by atoms with Crippen LogP contribution in [0.25, 0.3) is 32.9 Å². The number of pyridine rings is 1. The molecule has 1 amide bonds. The van der Waals surface area contributed by atoms with Gasteiger partial charge in [0.1, 0.15) is 0 Å². The molecule has 0 radical (unpaired) electrons. The summed E-state index contributed by atoms with van der Waals surface area (Å²) in [6.07, 6.45) is 0.805. The predicted molar refractivity (Wildman–Crippen MR) is 137 cm³/mol. The van der Waals surface area contributed by atoms with Crippen LogP contribution in [0.15, 0.2) is 97.1 Å². The predicted octanol–water partition coefficient (Wildman–Crippen LogP) is 5.80. The standard InChI is InChI=1S/C30H22N2O3/c33-29(32-17-16-21-9-2-6-15-28(21)32)19-35-30(34)25-18-27(31-26-14-5-4-12-24(25)26)23-13-7-10-20-8-1-3-11-22(20)23/h1-15,18H,16-17,19H2. The van der Waals surface area contributed by atoms with Gasteiger partial charge >= 0.3 is 5.97 Å². The largest absolute Gasteiger partial charge is 0.452 e. The van der Waals surface area contributed by atoms with E-state index in [4.69, 9.17) is 9.72 Å². The van der Waals surface area contributed by atoms with E-state index in [9.17, 15) is 9.59 Å². The van der Waals surface area contributed by atoms with Crippen LogP contribution < -0.4 is 4.90 Å². The molecule has 4 aromatic carbocycles. The van der Waals surface area contributed by atoms with E-state index in [1.807, 2.05) is 78.9 Å². The lowest BCUT2D eigenvalue weighted by Gasteiger charge is -2.17. The Hall–Kier alpha value is -4.51. The van der Waals surface area contributed by atoms with Gasteiger partial charge in [0.25, 0.3) is 5.91 Å². The molecule has 0 saturated heterocycles. The maximum Gasteiger partial charge on any atom is 0.339 e. The van der Waals surface area contributed by atoms with E-state index in [0.29, 0.717) is 28.7 Å². The summed E-state index contributed by atoms with van der Waals surface area (Å²) < 4.78 is 5.55. The molecule has 1 aliphatic heterocycles. The number of nitrogens with zero attached hydrogens (tertiary/aromatic N) is 2. The van der Waals surface area contributed by atoms with Crippen molar-refractivity contribution in [1.82, 2.24) is 4.98 Å². The number of rotatable bonds is 4.